The van der Waals surface area contributed by atoms with Crippen LogP contribution in [0.1, 0.15) is 25.6 Å². The van der Waals surface area contributed by atoms with Crippen molar-refractivity contribution in [2.45, 2.75) is 25.2 Å². The first-order chi connectivity index (χ1) is 5.62. The van der Waals surface area contributed by atoms with Crippen LogP contribution in [0.5, 0.6) is 0 Å². The van der Waals surface area contributed by atoms with Gasteiger partial charge in [0.2, 0.25) is 0 Å². The highest BCUT2D eigenvalue weighted by Gasteiger charge is 2.42. The Labute approximate surface area is 84.9 Å². The Kier molecular flexibility index (Phi) is 1.75. The van der Waals surface area contributed by atoms with Gasteiger partial charge in [-0.05, 0) is 35.4 Å². The van der Waals surface area contributed by atoms with Gasteiger partial charge in [-0.25, -0.2) is 9.97 Å². The molecule has 1 aromatic heterocycles. The highest BCUT2D eigenvalue weighted by Crippen LogP contribution is 2.45. The van der Waals surface area contributed by atoms with Crippen LogP contribution < -0.4 is 5.73 Å². The van der Waals surface area contributed by atoms with E-state index in [-0.39, 0.29) is 5.41 Å². The largest absolute Gasteiger partial charge is 0.383 e. The lowest BCUT2D eigenvalue weighted by atomic mass is 10.1. The van der Waals surface area contributed by atoms with Gasteiger partial charge in [0.25, 0.3) is 0 Å². The molecule has 4 heteroatoms. The molecule has 2 rings (SSSR count). The smallest absolute Gasteiger partial charge is 0.140 e. The summed E-state index contributed by atoms with van der Waals surface area (Å²) in [4.78, 5) is 8.54. The number of rotatable bonds is 1. The molecule has 0 unspecified atom stereocenters. The van der Waals surface area contributed by atoms with Crippen molar-refractivity contribution in [3.63, 3.8) is 0 Å². The quantitative estimate of drug-likeness (QED) is 0.794. The number of hydrogen-bond donors (Lipinski definition) is 1. The Morgan fingerprint density at radius 2 is 2.25 bits per heavy atom. The third kappa shape index (κ3) is 1.28. The first kappa shape index (κ1) is 8.22. The molecule has 0 amide bonds. The van der Waals surface area contributed by atoms with E-state index in [1.165, 1.54) is 12.8 Å². The van der Waals surface area contributed by atoms with Crippen molar-refractivity contribution >= 4 is 28.4 Å². The fourth-order valence-electron chi connectivity index (χ4n) is 1.08. The molecule has 0 aliphatic heterocycles. The van der Waals surface area contributed by atoms with Crippen molar-refractivity contribution in [2.75, 3.05) is 5.73 Å². The summed E-state index contributed by atoms with van der Waals surface area (Å²) in [5, 5.41) is 0. The summed E-state index contributed by atoms with van der Waals surface area (Å²) in [5.41, 5.74) is 5.91. The van der Waals surface area contributed by atoms with Crippen LogP contribution in [0.4, 0.5) is 5.82 Å². The molecule has 0 spiro atoms. The van der Waals surface area contributed by atoms with Gasteiger partial charge in [-0.15, -0.1) is 0 Å². The fraction of sp³-hybridized carbons (Fsp3) is 0.500. The molecule has 0 aromatic carbocycles. The summed E-state index contributed by atoms with van der Waals surface area (Å²) < 4.78 is 0.931. The number of nitrogens with zero attached hydrogens (tertiary/aromatic N) is 2. The standard InChI is InChI=1S/C8H10IN3/c1-8(2-3-8)7-11-4-5(9)6(10)12-7/h4H,2-3H2,1H3,(H2,10,11,12). The van der Waals surface area contributed by atoms with Crippen LogP contribution in [-0.2, 0) is 5.41 Å². The molecular weight excluding hydrogens is 265 g/mol. The number of nitrogens with two attached hydrogens (primary N) is 1. The maximum Gasteiger partial charge on any atom is 0.140 e. The molecule has 1 aliphatic rings. The first-order valence-electron chi connectivity index (χ1n) is 3.90. The van der Waals surface area contributed by atoms with Gasteiger partial charge in [-0.2, -0.15) is 0 Å². The van der Waals surface area contributed by atoms with Crippen LogP contribution in [0.15, 0.2) is 6.20 Å². The molecule has 64 valence electrons. The van der Waals surface area contributed by atoms with Gasteiger partial charge < -0.3 is 5.73 Å². The highest BCUT2D eigenvalue weighted by molar-refractivity contribution is 14.1. The number of aromatic nitrogens is 2. The number of hydrogen-bond acceptors (Lipinski definition) is 3. The van der Waals surface area contributed by atoms with E-state index in [4.69, 9.17) is 5.73 Å². The molecule has 12 heavy (non-hydrogen) atoms. The van der Waals surface area contributed by atoms with Crippen molar-refractivity contribution in [3.05, 3.63) is 15.6 Å². The van der Waals surface area contributed by atoms with E-state index < -0.39 is 0 Å². The summed E-state index contributed by atoms with van der Waals surface area (Å²) in [6, 6.07) is 0. The van der Waals surface area contributed by atoms with E-state index in [9.17, 15) is 0 Å². The topological polar surface area (TPSA) is 51.8 Å². The monoisotopic (exact) mass is 275 g/mol. The molecule has 1 heterocycles. The van der Waals surface area contributed by atoms with E-state index in [2.05, 4.69) is 39.5 Å². The van der Waals surface area contributed by atoms with Crippen LogP contribution >= 0.6 is 22.6 Å². The molecular formula is C8H10IN3. The van der Waals surface area contributed by atoms with E-state index in [1.807, 2.05) is 0 Å². The molecule has 0 bridgehead atoms. The minimum absolute atomic E-state index is 0.221. The van der Waals surface area contributed by atoms with Crippen LogP contribution in [0.3, 0.4) is 0 Å². The van der Waals surface area contributed by atoms with Gasteiger partial charge in [0.05, 0.1) is 3.57 Å². The average molecular weight is 275 g/mol. The second-order valence-electron chi connectivity index (χ2n) is 3.49. The second kappa shape index (κ2) is 2.55. The Morgan fingerprint density at radius 1 is 1.58 bits per heavy atom. The molecule has 2 N–H and O–H groups in total. The molecule has 1 fully saturated rings. The lowest BCUT2D eigenvalue weighted by Crippen LogP contribution is -2.09. The summed E-state index contributed by atoms with van der Waals surface area (Å²) in [6.07, 6.45) is 4.17. The van der Waals surface area contributed by atoms with Gasteiger partial charge in [0, 0.05) is 11.6 Å². The van der Waals surface area contributed by atoms with Gasteiger partial charge in [0.1, 0.15) is 11.6 Å². The predicted octanol–water partition coefficient (Wildman–Crippen LogP) is 1.71. The van der Waals surface area contributed by atoms with Crippen LogP contribution in [0.2, 0.25) is 0 Å². The maximum absolute atomic E-state index is 5.69. The molecule has 0 atom stereocenters. The molecule has 1 saturated carbocycles. The van der Waals surface area contributed by atoms with E-state index in [0.29, 0.717) is 5.82 Å². The molecule has 0 radical (unpaired) electrons. The Balaban J connectivity index is 2.41. The summed E-state index contributed by atoms with van der Waals surface area (Å²) >= 11 is 2.14. The molecule has 3 nitrogen and oxygen atoms in total. The minimum atomic E-state index is 0.221. The van der Waals surface area contributed by atoms with Crippen LogP contribution in [-0.4, -0.2) is 9.97 Å². The fourth-order valence-corrected chi connectivity index (χ4v) is 1.34. The number of nitrogen functional groups attached to an aromatic ring is 1. The van der Waals surface area contributed by atoms with Crippen molar-refractivity contribution in [2.24, 2.45) is 0 Å². The predicted molar refractivity (Wildman–Crippen MR) is 55.7 cm³/mol. The van der Waals surface area contributed by atoms with Gasteiger partial charge >= 0.3 is 0 Å². The summed E-state index contributed by atoms with van der Waals surface area (Å²) in [6.45, 7) is 2.18. The Bertz CT molecular complexity index is 320. The lowest BCUT2D eigenvalue weighted by Gasteiger charge is -2.06. The Morgan fingerprint density at radius 3 is 2.75 bits per heavy atom. The molecule has 1 aliphatic carbocycles. The van der Waals surface area contributed by atoms with Gasteiger partial charge in [0.15, 0.2) is 0 Å². The minimum Gasteiger partial charge on any atom is -0.383 e. The van der Waals surface area contributed by atoms with E-state index in [1.54, 1.807) is 6.20 Å². The molecule has 0 saturated heterocycles. The summed E-state index contributed by atoms with van der Waals surface area (Å²) in [5.74, 6) is 1.51. The normalized spacial score (nSPS) is 19.2. The third-order valence-electron chi connectivity index (χ3n) is 2.31. The first-order valence-corrected chi connectivity index (χ1v) is 4.98. The zero-order valence-electron chi connectivity index (χ0n) is 6.84. The maximum atomic E-state index is 5.69. The van der Waals surface area contributed by atoms with Crippen molar-refractivity contribution in [1.82, 2.24) is 9.97 Å². The summed E-state index contributed by atoms with van der Waals surface area (Å²) in [7, 11) is 0. The third-order valence-corrected chi connectivity index (χ3v) is 3.14. The lowest BCUT2D eigenvalue weighted by molar-refractivity contribution is 0.709. The molecule has 1 aromatic rings. The van der Waals surface area contributed by atoms with Gasteiger partial charge in [-0.1, -0.05) is 6.92 Å². The average Bonchev–Trinajstić information content (AvgIpc) is 2.75. The van der Waals surface area contributed by atoms with Crippen LogP contribution in [0.25, 0.3) is 0 Å². The number of anilines is 1. The van der Waals surface area contributed by atoms with Gasteiger partial charge in [-0.3, -0.25) is 0 Å². The Hall–Kier alpha value is -0.390. The zero-order chi connectivity index (χ0) is 8.77. The van der Waals surface area contributed by atoms with E-state index in [0.717, 1.165) is 9.39 Å². The highest BCUT2D eigenvalue weighted by atomic mass is 127. The van der Waals surface area contributed by atoms with Crippen molar-refractivity contribution < 1.29 is 0 Å². The van der Waals surface area contributed by atoms with Crippen molar-refractivity contribution in [3.8, 4) is 0 Å². The van der Waals surface area contributed by atoms with E-state index >= 15 is 0 Å². The zero-order valence-corrected chi connectivity index (χ0v) is 9.00. The number of halogens is 1. The van der Waals surface area contributed by atoms with Crippen molar-refractivity contribution in [1.29, 1.82) is 0 Å². The van der Waals surface area contributed by atoms with Crippen LogP contribution in [0, 0.1) is 3.57 Å². The second-order valence-corrected chi connectivity index (χ2v) is 4.65. The SMILES string of the molecule is CC1(c2ncc(I)c(N)n2)CC1.